The molecule has 0 aromatic carbocycles. The number of hydrogen-bond acceptors (Lipinski definition) is 3. The molecular weight excluding hydrogens is 420 g/mol. The first-order chi connectivity index (χ1) is 16.2. The summed E-state index contributed by atoms with van der Waals surface area (Å²) < 4.78 is 11.3. The van der Waals surface area contributed by atoms with Gasteiger partial charge in [0, 0.05) is 27.1 Å². The van der Waals surface area contributed by atoms with Gasteiger partial charge in [0.1, 0.15) is 6.10 Å². The minimum absolute atomic E-state index is 0.0763. The lowest BCUT2D eigenvalue weighted by Gasteiger charge is -2.59. The van der Waals surface area contributed by atoms with Crippen LogP contribution >= 0.6 is 0 Å². The molecule has 8 atom stereocenters. The van der Waals surface area contributed by atoms with E-state index in [1.807, 2.05) is 7.11 Å². The van der Waals surface area contributed by atoms with Crippen molar-refractivity contribution in [1.29, 1.82) is 0 Å². The second-order valence-corrected chi connectivity index (χ2v) is 13.2. The lowest BCUT2D eigenvalue weighted by atomic mass is 9.46. The molecule has 0 spiro atoms. The van der Waals surface area contributed by atoms with Gasteiger partial charge in [0.15, 0.2) is 0 Å². The van der Waals surface area contributed by atoms with Crippen molar-refractivity contribution in [2.75, 3.05) is 13.7 Å². The number of hydrogen-bond donors (Lipinski definition) is 0. The van der Waals surface area contributed by atoms with Gasteiger partial charge in [0.05, 0.1) is 0 Å². The Balaban J connectivity index is 1.53. The zero-order chi connectivity index (χ0) is 24.5. The Morgan fingerprint density at radius 1 is 1.09 bits per heavy atom. The number of carbonyl (C=O) groups is 1. The summed E-state index contributed by atoms with van der Waals surface area (Å²) in [4.78, 5) is 11.6. The van der Waals surface area contributed by atoms with Crippen molar-refractivity contribution >= 4 is 5.97 Å². The fourth-order valence-corrected chi connectivity index (χ4v) is 9.54. The highest BCUT2D eigenvalue weighted by molar-refractivity contribution is 5.66. The fourth-order valence-electron chi connectivity index (χ4n) is 9.54. The van der Waals surface area contributed by atoms with Gasteiger partial charge in [-0.2, -0.15) is 0 Å². The van der Waals surface area contributed by atoms with E-state index in [0.717, 1.165) is 61.4 Å². The maximum atomic E-state index is 11.6. The number of methoxy groups -OCH3 is 1. The lowest BCUT2D eigenvalue weighted by Crippen LogP contribution is -2.52. The molecular formula is C31H52O3. The number of rotatable bonds is 9. The summed E-state index contributed by atoms with van der Waals surface area (Å²) in [5.74, 6) is 4.97. The van der Waals surface area contributed by atoms with Crippen molar-refractivity contribution in [3.63, 3.8) is 0 Å². The molecule has 194 valence electrons. The van der Waals surface area contributed by atoms with Crippen molar-refractivity contribution in [3.8, 4) is 0 Å². The van der Waals surface area contributed by atoms with E-state index in [2.05, 4.69) is 33.8 Å². The van der Waals surface area contributed by atoms with E-state index in [9.17, 15) is 4.79 Å². The third-order valence-corrected chi connectivity index (χ3v) is 11.1. The van der Waals surface area contributed by atoms with Gasteiger partial charge >= 0.3 is 5.97 Å². The fraction of sp³-hybridized carbons (Fsp3) is 0.903. The van der Waals surface area contributed by atoms with Crippen molar-refractivity contribution < 1.29 is 14.3 Å². The van der Waals surface area contributed by atoms with Gasteiger partial charge in [-0.3, -0.25) is 4.79 Å². The van der Waals surface area contributed by atoms with Crippen molar-refractivity contribution in [1.82, 2.24) is 0 Å². The van der Waals surface area contributed by atoms with Gasteiger partial charge in [0.25, 0.3) is 0 Å². The van der Waals surface area contributed by atoms with Gasteiger partial charge in [-0.1, -0.05) is 58.6 Å². The second-order valence-electron chi connectivity index (χ2n) is 13.2. The highest BCUT2D eigenvalue weighted by Crippen LogP contribution is 2.68. The van der Waals surface area contributed by atoms with Gasteiger partial charge in [0.2, 0.25) is 0 Å². The molecule has 4 aliphatic carbocycles. The molecule has 3 heteroatoms. The highest BCUT2D eigenvalue weighted by Gasteiger charge is 2.60. The van der Waals surface area contributed by atoms with E-state index in [1.54, 1.807) is 12.5 Å². The molecule has 3 nitrogen and oxygen atoms in total. The third kappa shape index (κ3) is 4.89. The minimum atomic E-state index is -0.128. The number of fused-ring (bicyclic) bond motifs is 5. The van der Waals surface area contributed by atoms with Crippen LogP contribution in [0.5, 0.6) is 0 Å². The van der Waals surface area contributed by atoms with E-state index in [1.165, 1.54) is 57.8 Å². The van der Waals surface area contributed by atoms with E-state index < -0.39 is 0 Å². The third-order valence-electron chi connectivity index (χ3n) is 11.1. The lowest BCUT2D eigenvalue weighted by molar-refractivity contribution is -0.149. The molecule has 0 radical (unpaired) electrons. The van der Waals surface area contributed by atoms with E-state index in [0.29, 0.717) is 5.41 Å². The van der Waals surface area contributed by atoms with Crippen LogP contribution < -0.4 is 0 Å². The second kappa shape index (κ2) is 10.7. The summed E-state index contributed by atoms with van der Waals surface area (Å²) in [6.45, 7) is 12.4. The van der Waals surface area contributed by atoms with Crippen LogP contribution in [-0.4, -0.2) is 25.8 Å². The molecule has 0 aromatic rings. The van der Waals surface area contributed by atoms with Crippen molar-refractivity contribution in [2.24, 2.45) is 46.3 Å². The molecule has 0 N–H and O–H groups in total. The van der Waals surface area contributed by atoms with Crippen LogP contribution in [-0.2, 0) is 14.3 Å². The van der Waals surface area contributed by atoms with Crippen LogP contribution in [0, 0.1) is 46.3 Å². The molecule has 0 bridgehead atoms. The number of ether oxygens (including phenoxy) is 2. The molecule has 3 saturated carbocycles. The molecule has 0 heterocycles. The van der Waals surface area contributed by atoms with E-state index >= 15 is 0 Å². The summed E-state index contributed by atoms with van der Waals surface area (Å²) in [6.07, 6.45) is 18.1. The highest BCUT2D eigenvalue weighted by atomic mass is 16.5. The predicted molar refractivity (Wildman–Crippen MR) is 139 cm³/mol. The van der Waals surface area contributed by atoms with Gasteiger partial charge < -0.3 is 9.47 Å². The Kier molecular flexibility index (Phi) is 8.22. The molecule has 34 heavy (non-hydrogen) atoms. The Morgan fingerprint density at radius 2 is 1.88 bits per heavy atom. The molecule has 1 unspecified atom stereocenters. The van der Waals surface area contributed by atoms with Crippen molar-refractivity contribution in [2.45, 2.75) is 118 Å². The topological polar surface area (TPSA) is 35.5 Å². The average molecular weight is 473 g/mol. The zero-order valence-corrected chi connectivity index (χ0v) is 23.0. The smallest absolute Gasteiger partial charge is 0.302 e. The molecule has 0 aromatic heterocycles. The summed E-state index contributed by atoms with van der Waals surface area (Å²) in [6, 6.07) is 0. The largest absolute Gasteiger partial charge is 0.462 e. The molecule has 0 amide bonds. The number of carbonyl (C=O) groups excluding carboxylic acids is 1. The van der Waals surface area contributed by atoms with Crippen LogP contribution in [0.2, 0.25) is 0 Å². The maximum absolute atomic E-state index is 11.6. The standard InChI is InChI=1S/C31H52O3/c1-21(2)8-7-9-22(3)27-12-13-28-26-11-10-24-20-25(34-23(4)32)14-17-31(24,18-19-33-6)29(26)15-16-30(27,28)5/h10,21-22,25-29H,7-9,11-20H2,1-6H3/t22-,25?,26+,27-,28+,29+,30-,31-/m1/s1. The Bertz CT molecular complexity index is 741. The Labute approximate surface area is 209 Å². The zero-order valence-electron chi connectivity index (χ0n) is 23.0. The Hall–Kier alpha value is -0.830. The first-order valence-corrected chi connectivity index (χ1v) is 14.6. The molecule has 4 rings (SSSR count). The summed E-state index contributed by atoms with van der Waals surface area (Å²) in [7, 11) is 1.85. The quantitative estimate of drug-likeness (QED) is 0.252. The van der Waals surface area contributed by atoms with Gasteiger partial charge in [-0.25, -0.2) is 0 Å². The molecule has 4 aliphatic rings. The SMILES string of the molecule is COCC[C@]12CCC(OC(C)=O)CC1=CC[C@@H]1[C@@H]2CC[C@]2(C)[C@@H]([C@H](C)CCCC(C)C)CC[C@@H]12. The van der Waals surface area contributed by atoms with E-state index in [4.69, 9.17) is 9.47 Å². The van der Waals surface area contributed by atoms with Crippen molar-refractivity contribution in [3.05, 3.63) is 11.6 Å². The minimum Gasteiger partial charge on any atom is -0.462 e. The first-order valence-electron chi connectivity index (χ1n) is 14.6. The van der Waals surface area contributed by atoms with Crippen LogP contribution in [0.1, 0.15) is 112 Å². The summed E-state index contributed by atoms with van der Waals surface area (Å²) in [5.41, 5.74) is 2.41. The van der Waals surface area contributed by atoms with Gasteiger partial charge in [-0.05, 0) is 97.7 Å². The first kappa shape index (κ1) is 26.2. The Morgan fingerprint density at radius 3 is 2.59 bits per heavy atom. The van der Waals surface area contributed by atoms with Crippen LogP contribution in [0.15, 0.2) is 11.6 Å². The number of allylic oxidation sites excluding steroid dienone is 1. The van der Waals surface area contributed by atoms with Crippen LogP contribution in [0.4, 0.5) is 0 Å². The molecule has 3 fully saturated rings. The summed E-state index contributed by atoms with van der Waals surface area (Å²) >= 11 is 0. The maximum Gasteiger partial charge on any atom is 0.302 e. The predicted octanol–water partition coefficient (Wildman–Crippen LogP) is 7.98. The average Bonchev–Trinajstić information content (AvgIpc) is 3.14. The van der Waals surface area contributed by atoms with Crippen LogP contribution in [0.25, 0.3) is 0 Å². The monoisotopic (exact) mass is 472 g/mol. The van der Waals surface area contributed by atoms with E-state index in [-0.39, 0.29) is 17.5 Å². The van der Waals surface area contributed by atoms with Gasteiger partial charge in [-0.15, -0.1) is 0 Å². The molecule has 0 saturated heterocycles. The normalized spacial score (nSPS) is 40.2. The van der Waals surface area contributed by atoms with Crippen LogP contribution in [0.3, 0.4) is 0 Å². The number of esters is 1. The molecule has 0 aliphatic heterocycles. The summed E-state index contributed by atoms with van der Waals surface area (Å²) in [5, 5.41) is 0.